The number of nitrogens with one attached hydrogen (secondary N) is 4. The minimum Gasteiger partial charge on any atom is -0.335 e. The summed E-state index contributed by atoms with van der Waals surface area (Å²) < 4.78 is 14.2. The number of rotatable bonds is 6. The van der Waals surface area contributed by atoms with Gasteiger partial charge in [-0.1, -0.05) is 6.07 Å². The Labute approximate surface area is 240 Å². The first-order valence-electron chi connectivity index (χ1n) is 13.9. The average molecular weight is 562 g/mol. The summed E-state index contributed by atoms with van der Waals surface area (Å²) >= 11 is 0. The molecule has 1 fully saturated rings. The number of hydrogen-bond acceptors (Lipinski definition) is 7. The van der Waals surface area contributed by atoms with E-state index in [1.807, 2.05) is 31.2 Å². The smallest absolute Gasteiger partial charge is 0.224 e. The maximum atomic E-state index is 14.2. The number of carbonyl (C=O) groups is 1. The highest BCUT2D eigenvalue weighted by molar-refractivity contribution is 5.97. The van der Waals surface area contributed by atoms with E-state index in [9.17, 15) is 9.18 Å². The number of halogens is 1. The van der Waals surface area contributed by atoms with Gasteiger partial charge in [-0.2, -0.15) is 5.10 Å². The lowest BCUT2D eigenvalue weighted by molar-refractivity contribution is -0.117. The van der Waals surface area contributed by atoms with E-state index in [1.54, 1.807) is 24.8 Å². The van der Waals surface area contributed by atoms with Gasteiger partial charge in [-0.05, 0) is 80.2 Å². The van der Waals surface area contributed by atoms with E-state index >= 15 is 0 Å². The van der Waals surface area contributed by atoms with Gasteiger partial charge in [0.15, 0.2) is 11.5 Å². The average Bonchev–Trinajstić information content (AvgIpc) is 3.61. The van der Waals surface area contributed by atoms with Gasteiger partial charge < -0.3 is 15.6 Å². The zero-order valence-corrected chi connectivity index (χ0v) is 22.9. The number of aromatic nitrogens is 7. The van der Waals surface area contributed by atoms with Crippen LogP contribution in [0.25, 0.3) is 56.0 Å². The molecule has 10 nitrogen and oxygen atoms in total. The number of fused-ring (bicyclic) bond motifs is 2. The maximum absolute atomic E-state index is 14.2. The molecule has 4 N–H and O–H groups in total. The number of aryl methyl sites for hydroxylation is 1. The third-order valence-electron chi connectivity index (χ3n) is 7.67. The molecule has 1 amide bonds. The van der Waals surface area contributed by atoms with E-state index in [4.69, 9.17) is 4.98 Å². The monoisotopic (exact) mass is 561 g/mol. The number of amides is 1. The van der Waals surface area contributed by atoms with Crippen molar-refractivity contribution in [2.45, 2.75) is 26.2 Å². The number of imidazole rings is 1. The fourth-order valence-electron chi connectivity index (χ4n) is 5.62. The lowest BCUT2D eigenvalue weighted by atomic mass is 9.94. The van der Waals surface area contributed by atoms with Crippen molar-refractivity contribution in [2.75, 3.05) is 18.4 Å². The number of benzene rings is 1. The Kier molecular flexibility index (Phi) is 6.63. The molecule has 0 spiro atoms. The highest BCUT2D eigenvalue weighted by Gasteiger charge is 2.19. The molecule has 11 heteroatoms. The molecule has 0 saturated carbocycles. The van der Waals surface area contributed by atoms with Crippen molar-refractivity contribution in [3.8, 4) is 33.9 Å². The first-order valence-corrected chi connectivity index (χ1v) is 13.9. The highest BCUT2D eigenvalue weighted by Crippen LogP contribution is 2.32. The van der Waals surface area contributed by atoms with Gasteiger partial charge >= 0.3 is 0 Å². The summed E-state index contributed by atoms with van der Waals surface area (Å²) in [6.45, 7) is 3.77. The number of aromatic amines is 2. The van der Waals surface area contributed by atoms with Gasteiger partial charge in [0.25, 0.3) is 0 Å². The Hall–Kier alpha value is -5.03. The molecule has 6 aromatic rings. The van der Waals surface area contributed by atoms with E-state index in [1.165, 1.54) is 12.1 Å². The number of H-pyrrole nitrogens is 2. The van der Waals surface area contributed by atoms with Crippen LogP contribution in [0.15, 0.2) is 61.2 Å². The summed E-state index contributed by atoms with van der Waals surface area (Å²) in [4.78, 5) is 34.1. The summed E-state index contributed by atoms with van der Waals surface area (Å²) in [6, 6.07) is 10.6. The van der Waals surface area contributed by atoms with Gasteiger partial charge in [0.05, 0.1) is 34.8 Å². The summed E-state index contributed by atoms with van der Waals surface area (Å²) in [5, 5.41) is 14.7. The van der Waals surface area contributed by atoms with E-state index in [0.717, 1.165) is 59.1 Å². The second-order valence-corrected chi connectivity index (χ2v) is 10.8. The van der Waals surface area contributed by atoms with Gasteiger partial charge in [-0.15, -0.1) is 0 Å². The molecule has 1 aromatic carbocycles. The van der Waals surface area contributed by atoms with Gasteiger partial charge in [0.2, 0.25) is 5.91 Å². The molecule has 7 rings (SSSR count). The largest absolute Gasteiger partial charge is 0.335 e. The Morgan fingerprint density at radius 1 is 1.05 bits per heavy atom. The number of nitrogens with zero attached hydrogens (tertiary/aromatic N) is 5. The van der Waals surface area contributed by atoms with Crippen molar-refractivity contribution in [3.05, 3.63) is 72.6 Å². The number of carbonyl (C=O) groups excluding carboxylic acids is 1. The van der Waals surface area contributed by atoms with Gasteiger partial charge in [0.1, 0.15) is 11.5 Å². The van der Waals surface area contributed by atoms with Gasteiger partial charge in [-0.25, -0.2) is 14.4 Å². The fourth-order valence-corrected chi connectivity index (χ4v) is 5.62. The molecule has 1 aliphatic heterocycles. The number of piperidine rings is 1. The summed E-state index contributed by atoms with van der Waals surface area (Å²) in [5.74, 6) is 0.618. The van der Waals surface area contributed by atoms with Crippen molar-refractivity contribution >= 4 is 33.7 Å². The molecule has 0 aliphatic carbocycles. The van der Waals surface area contributed by atoms with Crippen LogP contribution < -0.4 is 10.6 Å². The zero-order valence-electron chi connectivity index (χ0n) is 22.9. The fraction of sp³-hybridized carbons (Fsp3) is 0.226. The lowest BCUT2D eigenvalue weighted by Gasteiger charge is -2.21. The highest BCUT2D eigenvalue weighted by atomic mass is 19.1. The molecule has 42 heavy (non-hydrogen) atoms. The third kappa shape index (κ3) is 5.10. The minimum atomic E-state index is -0.298. The molecule has 0 radical (unpaired) electrons. The van der Waals surface area contributed by atoms with Crippen molar-refractivity contribution in [1.82, 2.24) is 40.4 Å². The summed E-state index contributed by atoms with van der Waals surface area (Å²) in [5.41, 5.74) is 6.98. The van der Waals surface area contributed by atoms with Crippen LogP contribution in [-0.2, 0) is 4.79 Å². The van der Waals surface area contributed by atoms with Crippen molar-refractivity contribution in [2.24, 2.45) is 5.92 Å². The second-order valence-electron chi connectivity index (χ2n) is 10.8. The first kappa shape index (κ1) is 25.9. The molecule has 1 aliphatic rings. The predicted molar refractivity (Wildman–Crippen MR) is 159 cm³/mol. The Balaban J connectivity index is 1.20. The van der Waals surface area contributed by atoms with E-state index in [2.05, 4.69) is 40.8 Å². The molecule has 0 unspecified atom stereocenters. The molecule has 1 saturated heterocycles. The third-order valence-corrected chi connectivity index (χ3v) is 7.67. The minimum absolute atomic E-state index is 0.00681. The quantitative estimate of drug-likeness (QED) is 0.214. The van der Waals surface area contributed by atoms with Crippen LogP contribution >= 0.6 is 0 Å². The van der Waals surface area contributed by atoms with E-state index in [-0.39, 0.29) is 11.7 Å². The van der Waals surface area contributed by atoms with Crippen molar-refractivity contribution in [3.63, 3.8) is 0 Å². The van der Waals surface area contributed by atoms with Crippen LogP contribution in [0.5, 0.6) is 0 Å². The number of pyridine rings is 3. The lowest BCUT2D eigenvalue weighted by Crippen LogP contribution is -2.30. The van der Waals surface area contributed by atoms with Gasteiger partial charge in [0, 0.05) is 35.3 Å². The molecular weight excluding hydrogens is 533 g/mol. The van der Waals surface area contributed by atoms with Crippen LogP contribution in [0.4, 0.5) is 10.1 Å². The van der Waals surface area contributed by atoms with Crippen LogP contribution in [-0.4, -0.2) is 54.1 Å². The normalized spacial score (nSPS) is 14.0. The van der Waals surface area contributed by atoms with Crippen molar-refractivity contribution in [1.29, 1.82) is 0 Å². The van der Waals surface area contributed by atoms with Crippen LogP contribution in [0, 0.1) is 18.7 Å². The van der Waals surface area contributed by atoms with Crippen molar-refractivity contribution < 1.29 is 9.18 Å². The number of hydrogen-bond donors (Lipinski definition) is 4. The summed E-state index contributed by atoms with van der Waals surface area (Å²) in [7, 11) is 0. The molecule has 6 heterocycles. The Morgan fingerprint density at radius 2 is 1.93 bits per heavy atom. The maximum Gasteiger partial charge on any atom is 0.224 e. The first-order chi connectivity index (χ1) is 20.5. The second kappa shape index (κ2) is 10.7. The van der Waals surface area contributed by atoms with Crippen LogP contribution in [0.1, 0.15) is 24.8 Å². The molecule has 0 atom stereocenters. The van der Waals surface area contributed by atoms with Crippen LogP contribution in [0.3, 0.4) is 0 Å². The van der Waals surface area contributed by atoms with Gasteiger partial charge in [-0.3, -0.25) is 19.9 Å². The Bertz CT molecular complexity index is 1920. The standard InChI is InChI=1S/C31H28FN9O/c1-17-8-19(11-21(32)9-17)23-4-7-35-30-28(23)38-31(39-30)29-24-13-25(36-16-26(24)40-41-29)20-12-22(15-34-14-20)37-27(42)10-18-2-5-33-6-3-18/h4,7-9,11-16,18,33H,2-3,5-6,10H2,1H3,(H,37,42)(H,40,41)(H,35,38,39). The molecule has 0 bridgehead atoms. The van der Waals surface area contributed by atoms with Crippen LogP contribution in [0.2, 0.25) is 0 Å². The summed E-state index contributed by atoms with van der Waals surface area (Å²) in [6.07, 6.45) is 9.26. The predicted octanol–water partition coefficient (Wildman–Crippen LogP) is 5.40. The molecule has 210 valence electrons. The zero-order chi connectivity index (χ0) is 28.6. The topological polar surface area (TPSA) is 137 Å². The molecular formula is C31H28FN9O. The van der Waals surface area contributed by atoms with E-state index in [0.29, 0.717) is 46.4 Å². The Morgan fingerprint density at radius 3 is 2.79 bits per heavy atom. The number of anilines is 1. The van der Waals surface area contributed by atoms with E-state index < -0.39 is 0 Å². The molecule has 5 aromatic heterocycles. The SMILES string of the molecule is Cc1cc(F)cc(-c2ccnc3nc(-c4n[nH]c5cnc(-c6cncc(NC(=O)CC7CCNCC7)c6)cc45)[nH]c23)c1.